The number of benzene rings is 6. The van der Waals surface area contributed by atoms with Crippen molar-refractivity contribution in [3.05, 3.63) is 163 Å². The Kier molecular flexibility index (Phi) is 6.10. The lowest BCUT2D eigenvalue weighted by molar-refractivity contribution is 0.104. The minimum atomic E-state index is -0.135. The highest BCUT2D eigenvalue weighted by Crippen LogP contribution is 2.40. The van der Waals surface area contributed by atoms with Gasteiger partial charge >= 0.3 is 6.85 Å². The van der Waals surface area contributed by atoms with E-state index in [2.05, 4.69) is 126 Å². The average molecular weight is 511 g/mol. The molecule has 1 aliphatic carbocycles. The van der Waals surface area contributed by atoms with Crippen LogP contribution in [0.25, 0.3) is 28.0 Å². The Morgan fingerprint density at radius 3 is 1.73 bits per heavy atom. The molecular weight excluding hydrogens is 485 g/mol. The van der Waals surface area contributed by atoms with Gasteiger partial charge in [0.25, 0.3) is 0 Å². The molecule has 40 heavy (non-hydrogen) atoms. The van der Waals surface area contributed by atoms with Crippen LogP contribution in [0.1, 0.15) is 15.9 Å². The first-order valence-electron chi connectivity index (χ1n) is 13.6. The Labute approximate surface area is 235 Å². The van der Waals surface area contributed by atoms with Crippen LogP contribution in [0, 0.1) is 0 Å². The van der Waals surface area contributed by atoms with Gasteiger partial charge in [0, 0.05) is 16.8 Å². The quantitative estimate of drug-likeness (QED) is 0.214. The van der Waals surface area contributed by atoms with Gasteiger partial charge in [-0.2, -0.15) is 0 Å². The van der Waals surface area contributed by atoms with Crippen molar-refractivity contribution in [3.8, 4) is 11.1 Å². The second-order valence-corrected chi connectivity index (χ2v) is 10.1. The van der Waals surface area contributed by atoms with E-state index >= 15 is 0 Å². The predicted octanol–water partition coefficient (Wildman–Crippen LogP) is 7.66. The maximum absolute atomic E-state index is 13.8. The molecule has 3 heteroatoms. The topological polar surface area (TPSA) is 20.3 Å². The van der Waals surface area contributed by atoms with E-state index in [0.29, 0.717) is 0 Å². The molecule has 0 unspecified atom stereocenters. The SMILES string of the molecule is O=C1C=Cc2cc(-c3ccccc3)cc3ccc(N(B(c4ccccc4)c4ccccc4)c4ccccc4)c1c23. The second-order valence-electron chi connectivity index (χ2n) is 10.1. The summed E-state index contributed by atoms with van der Waals surface area (Å²) in [4.78, 5) is 16.1. The van der Waals surface area contributed by atoms with Crippen LogP contribution in [0.3, 0.4) is 0 Å². The Hall–Kier alpha value is -5.15. The van der Waals surface area contributed by atoms with E-state index in [1.807, 2.05) is 30.3 Å². The van der Waals surface area contributed by atoms with Crippen LogP contribution >= 0.6 is 0 Å². The summed E-state index contributed by atoms with van der Waals surface area (Å²) in [6.07, 6.45) is 3.69. The maximum atomic E-state index is 13.8. The molecular formula is C37H26BNO. The van der Waals surface area contributed by atoms with Crippen molar-refractivity contribution in [1.29, 1.82) is 0 Å². The lowest BCUT2D eigenvalue weighted by Gasteiger charge is -2.34. The zero-order valence-corrected chi connectivity index (χ0v) is 21.9. The Balaban J connectivity index is 1.51. The van der Waals surface area contributed by atoms with E-state index in [9.17, 15) is 4.79 Å². The summed E-state index contributed by atoms with van der Waals surface area (Å²) in [6.45, 7) is -0.135. The Morgan fingerprint density at radius 1 is 0.525 bits per heavy atom. The fourth-order valence-corrected chi connectivity index (χ4v) is 5.89. The van der Waals surface area contributed by atoms with Crippen LogP contribution in [-0.2, 0) is 0 Å². The van der Waals surface area contributed by atoms with Crippen LogP contribution in [0.5, 0.6) is 0 Å². The molecule has 6 aromatic carbocycles. The normalized spacial score (nSPS) is 11.9. The molecule has 0 saturated carbocycles. The number of hydrogen-bond donors (Lipinski definition) is 0. The number of carbonyl (C=O) groups excluding carboxylic acids is 1. The third-order valence-corrected chi connectivity index (χ3v) is 7.68. The van der Waals surface area contributed by atoms with Crippen molar-refractivity contribution in [2.75, 3.05) is 4.81 Å². The molecule has 0 saturated heterocycles. The second kappa shape index (κ2) is 10.2. The first-order valence-corrected chi connectivity index (χ1v) is 13.6. The van der Waals surface area contributed by atoms with Crippen molar-refractivity contribution in [2.45, 2.75) is 0 Å². The van der Waals surface area contributed by atoms with Crippen LogP contribution in [0.2, 0.25) is 0 Å². The third-order valence-electron chi connectivity index (χ3n) is 7.68. The van der Waals surface area contributed by atoms with Gasteiger partial charge in [-0.3, -0.25) is 4.79 Å². The van der Waals surface area contributed by atoms with Gasteiger partial charge < -0.3 is 4.81 Å². The van der Waals surface area contributed by atoms with E-state index < -0.39 is 0 Å². The largest absolute Gasteiger partial charge is 0.376 e. The van der Waals surface area contributed by atoms with Crippen molar-refractivity contribution in [2.24, 2.45) is 0 Å². The van der Waals surface area contributed by atoms with Gasteiger partial charge in [0.1, 0.15) is 0 Å². The zero-order chi connectivity index (χ0) is 26.9. The summed E-state index contributed by atoms with van der Waals surface area (Å²) in [5, 5.41) is 2.07. The van der Waals surface area contributed by atoms with Gasteiger partial charge in [0.05, 0.1) is 5.56 Å². The number of anilines is 2. The summed E-state index contributed by atoms with van der Waals surface area (Å²) in [6, 6.07) is 50.6. The van der Waals surface area contributed by atoms with Crippen LogP contribution in [0.4, 0.5) is 11.4 Å². The van der Waals surface area contributed by atoms with E-state index in [4.69, 9.17) is 0 Å². The fraction of sp³-hybridized carbons (Fsp3) is 0. The third kappa shape index (κ3) is 4.22. The number of hydrogen-bond acceptors (Lipinski definition) is 2. The van der Waals surface area contributed by atoms with Crippen LogP contribution < -0.4 is 15.7 Å². The monoisotopic (exact) mass is 511 g/mol. The molecule has 6 aromatic rings. The van der Waals surface area contributed by atoms with E-state index in [1.54, 1.807) is 6.08 Å². The van der Waals surface area contributed by atoms with Gasteiger partial charge in [0.15, 0.2) is 5.78 Å². The van der Waals surface area contributed by atoms with Crippen molar-refractivity contribution < 1.29 is 4.79 Å². The van der Waals surface area contributed by atoms with Crippen molar-refractivity contribution in [1.82, 2.24) is 0 Å². The zero-order valence-electron chi connectivity index (χ0n) is 21.9. The molecule has 1 aliphatic rings. The highest BCUT2D eigenvalue weighted by atomic mass is 16.1. The minimum absolute atomic E-state index is 0.0290. The van der Waals surface area contributed by atoms with Gasteiger partial charge in [-0.05, 0) is 58.5 Å². The van der Waals surface area contributed by atoms with E-state index in [-0.39, 0.29) is 12.6 Å². The first kappa shape index (κ1) is 23.9. The highest BCUT2D eigenvalue weighted by molar-refractivity contribution is 6.89. The molecule has 0 fully saturated rings. The summed E-state index contributed by atoms with van der Waals surface area (Å²) in [7, 11) is 0. The van der Waals surface area contributed by atoms with Gasteiger partial charge in [-0.15, -0.1) is 0 Å². The van der Waals surface area contributed by atoms with Gasteiger partial charge in [-0.25, -0.2) is 0 Å². The molecule has 2 nitrogen and oxygen atoms in total. The van der Waals surface area contributed by atoms with Gasteiger partial charge in [-0.1, -0.05) is 132 Å². The molecule has 0 aliphatic heterocycles. The lowest BCUT2D eigenvalue weighted by atomic mass is 9.48. The average Bonchev–Trinajstić information content (AvgIpc) is 3.03. The predicted molar refractivity (Wildman–Crippen MR) is 169 cm³/mol. The van der Waals surface area contributed by atoms with Gasteiger partial charge in [0.2, 0.25) is 0 Å². The van der Waals surface area contributed by atoms with Crippen molar-refractivity contribution >= 4 is 51.8 Å². The molecule has 0 radical (unpaired) electrons. The number of ketones is 1. The molecule has 0 atom stereocenters. The standard InChI is InChI=1S/C37H26BNO/c40-35-24-22-29-26-30(27-13-5-1-6-14-27)25-28-21-23-34(37(35)36(28)29)39(33-19-11-4-12-20-33)38(31-15-7-2-8-16-31)32-17-9-3-10-18-32/h1-26H. The van der Waals surface area contributed by atoms with Crippen LogP contribution in [0.15, 0.2) is 152 Å². The maximum Gasteiger partial charge on any atom is 0.328 e. The molecule has 7 rings (SSSR count). The number of rotatable bonds is 6. The summed E-state index contributed by atoms with van der Waals surface area (Å²) >= 11 is 0. The number of allylic oxidation sites excluding steroid dienone is 1. The molecule has 0 amide bonds. The van der Waals surface area contributed by atoms with E-state index in [1.165, 1.54) is 0 Å². The Morgan fingerprint density at radius 2 is 1.10 bits per heavy atom. The molecule has 188 valence electrons. The molecule has 0 bridgehead atoms. The number of nitrogens with zero attached hydrogens (tertiary/aromatic N) is 1. The summed E-state index contributed by atoms with van der Waals surface area (Å²) < 4.78 is 0. The van der Waals surface area contributed by atoms with E-state index in [0.717, 1.165) is 55.3 Å². The van der Waals surface area contributed by atoms with Crippen molar-refractivity contribution in [3.63, 3.8) is 0 Å². The number of carbonyl (C=O) groups is 1. The summed E-state index contributed by atoms with van der Waals surface area (Å²) in [5.74, 6) is 0.0290. The van der Waals surface area contributed by atoms with Crippen LogP contribution in [-0.4, -0.2) is 12.6 Å². The summed E-state index contributed by atoms with van der Waals surface area (Å²) in [5.41, 5.74) is 8.36. The minimum Gasteiger partial charge on any atom is -0.376 e. The smallest absolute Gasteiger partial charge is 0.328 e. The number of para-hydroxylation sites is 1. The molecule has 0 spiro atoms. The fourth-order valence-electron chi connectivity index (χ4n) is 5.89. The lowest BCUT2D eigenvalue weighted by Crippen LogP contribution is -2.55. The molecule has 0 N–H and O–H groups in total. The molecule has 0 aromatic heterocycles. The first-order chi connectivity index (χ1) is 19.8. The Bertz CT molecular complexity index is 1810. The molecule has 0 heterocycles. The highest BCUT2D eigenvalue weighted by Gasteiger charge is 2.33.